The summed E-state index contributed by atoms with van der Waals surface area (Å²) in [6, 6.07) is 8.88. The summed E-state index contributed by atoms with van der Waals surface area (Å²) in [4.78, 5) is 52.0. The normalized spacial score (nSPS) is 14.7. The Morgan fingerprint density at radius 2 is 1.69 bits per heavy atom. The Hall–Kier alpha value is -3.19. The van der Waals surface area contributed by atoms with Crippen LogP contribution in [0.5, 0.6) is 0 Å². The van der Waals surface area contributed by atoms with Gasteiger partial charge in [0.1, 0.15) is 6.04 Å². The Bertz CT molecular complexity index is 1040. The molecule has 3 amide bonds. The first-order valence-corrected chi connectivity index (χ1v) is 10.7. The number of nitrogens with zero attached hydrogens (tertiary/aromatic N) is 1. The molecular formula is C24H25ClN2O5. The van der Waals surface area contributed by atoms with Crippen LogP contribution in [0, 0.1) is 19.8 Å². The van der Waals surface area contributed by atoms with Gasteiger partial charge in [-0.3, -0.25) is 19.3 Å². The van der Waals surface area contributed by atoms with Gasteiger partial charge < -0.3 is 10.1 Å². The summed E-state index contributed by atoms with van der Waals surface area (Å²) in [6.07, 6.45) is 0.525. The first-order chi connectivity index (χ1) is 15.1. The smallest absolute Gasteiger partial charge is 0.330 e. The van der Waals surface area contributed by atoms with Crippen LogP contribution in [0.1, 0.15) is 52.1 Å². The van der Waals surface area contributed by atoms with E-state index in [1.54, 1.807) is 37.3 Å². The lowest BCUT2D eigenvalue weighted by molar-refractivity contribution is -0.152. The van der Waals surface area contributed by atoms with Crippen molar-refractivity contribution < 1.29 is 23.9 Å². The van der Waals surface area contributed by atoms with Gasteiger partial charge in [-0.1, -0.05) is 50.1 Å². The second-order valence-electron chi connectivity index (χ2n) is 7.95. The van der Waals surface area contributed by atoms with E-state index in [-0.39, 0.29) is 17.0 Å². The molecule has 0 fully saturated rings. The van der Waals surface area contributed by atoms with E-state index < -0.39 is 36.3 Å². The number of esters is 1. The Balaban J connectivity index is 1.74. The Kier molecular flexibility index (Phi) is 6.99. The molecule has 1 N–H and O–H groups in total. The Labute approximate surface area is 191 Å². The molecule has 1 aliphatic rings. The molecule has 168 valence electrons. The maximum absolute atomic E-state index is 12.9. The number of anilines is 1. The fourth-order valence-corrected chi connectivity index (χ4v) is 4.12. The highest BCUT2D eigenvalue weighted by molar-refractivity contribution is 6.34. The number of fused-ring (bicyclic) bond motifs is 1. The third-order valence-electron chi connectivity index (χ3n) is 5.57. The van der Waals surface area contributed by atoms with Gasteiger partial charge in [-0.15, -0.1) is 0 Å². The van der Waals surface area contributed by atoms with Crippen LogP contribution >= 0.6 is 11.6 Å². The topological polar surface area (TPSA) is 92.8 Å². The molecular weight excluding hydrogens is 432 g/mol. The number of benzene rings is 2. The lowest BCUT2D eigenvalue weighted by atomic mass is 9.97. The summed E-state index contributed by atoms with van der Waals surface area (Å²) in [5.41, 5.74) is 2.67. The second kappa shape index (κ2) is 9.53. The number of imide groups is 1. The number of hydrogen-bond donors (Lipinski definition) is 1. The molecule has 0 saturated carbocycles. The minimum Gasteiger partial charge on any atom is -0.454 e. The minimum atomic E-state index is -1.13. The van der Waals surface area contributed by atoms with Crippen molar-refractivity contribution in [1.29, 1.82) is 0 Å². The standard InChI is InChI=1S/C24H25ClN2O5/c1-5-14(3)21(27-22(29)16-8-6-7-9-17(16)23(27)30)24(31)32-12-19(28)26-20-15(4)10-13(2)11-18(20)25/h6-11,14,21H,5,12H2,1-4H3,(H,26,28). The van der Waals surface area contributed by atoms with Crippen LogP contribution in [0.4, 0.5) is 5.69 Å². The summed E-state index contributed by atoms with van der Waals surface area (Å²) in [5.74, 6) is -2.83. The lowest BCUT2D eigenvalue weighted by Gasteiger charge is -2.28. The molecule has 1 aliphatic heterocycles. The Morgan fingerprint density at radius 3 is 2.22 bits per heavy atom. The number of carbonyl (C=O) groups excluding carboxylic acids is 4. The van der Waals surface area contributed by atoms with E-state index in [0.717, 1.165) is 16.0 Å². The average Bonchev–Trinajstić information content (AvgIpc) is 3.00. The zero-order chi connectivity index (χ0) is 23.6. The van der Waals surface area contributed by atoms with E-state index in [4.69, 9.17) is 16.3 Å². The summed E-state index contributed by atoms with van der Waals surface area (Å²) < 4.78 is 5.23. The monoisotopic (exact) mass is 456 g/mol. The van der Waals surface area contributed by atoms with Crippen molar-refractivity contribution in [2.45, 2.75) is 40.2 Å². The van der Waals surface area contributed by atoms with Crippen LogP contribution in [0.3, 0.4) is 0 Å². The quantitative estimate of drug-likeness (QED) is 0.499. The van der Waals surface area contributed by atoms with E-state index >= 15 is 0 Å². The highest BCUT2D eigenvalue weighted by Crippen LogP contribution is 2.29. The highest BCUT2D eigenvalue weighted by atomic mass is 35.5. The van der Waals surface area contributed by atoms with Crippen molar-refractivity contribution in [2.24, 2.45) is 5.92 Å². The molecule has 32 heavy (non-hydrogen) atoms. The predicted molar refractivity (Wildman–Crippen MR) is 121 cm³/mol. The van der Waals surface area contributed by atoms with E-state index in [1.807, 2.05) is 26.8 Å². The number of nitrogens with one attached hydrogen (secondary N) is 1. The molecule has 0 aliphatic carbocycles. The van der Waals surface area contributed by atoms with Crippen molar-refractivity contribution in [1.82, 2.24) is 4.90 Å². The molecule has 8 heteroatoms. The molecule has 1 heterocycles. The molecule has 2 unspecified atom stereocenters. The summed E-state index contributed by atoms with van der Waals surface area (Å²) in [6.45, 7) is 6.73. The molecule has 0 aromatic heterocycles. The van der Waals surface area contributed by atoms with E-state index in [2.05, 4.69) is 5.32 Å². The van der Waals surface area contributed by atoms with Crippen LogP contribution in [0.2, 0.25) is 5.02 Å². The number of ether oxygens (including phenoxy) is 1. The number of aryl methyl sites for hydroxylation is 2. The van der Waals surface area contributed by atoms with Crippen LogP contribution in [0.15, 0.2) is 36.4 Å². The fraction of sp³-hybridized carbons (Fsp3) is 0.333. The highest BCUT2D eigenvalue weighted by Gasteiger charge is 2.45. The Morgan fingerprint density at radius 1 is 1.09 bits per heavy atom. The van der Waals surface area contributed by atoms with Crippen molar-refractivity contribution in [3.8, 4) is 0 Å². The summed E-state index contributed by atoms with van der Waals surface area (Å²) >= 11 is 6.21. The molecule has 0 bridgehead atoms. The maximum Gasteiger partial charge on any atom is 0.330 e. The van der Waals surface area contributed by atoms with Gasteiger partial charge in [-0.25, -0.2) is 4.79 Å². The van der Waals surface area contributed by atoms with Gasteiger partial charge in [0.25, 0.3) is 17.7 Å². The molecule has 0 radical (unpaired) electrons. The van der Waals surface area contributed by atoms with Crippen LogP contribution < -0.4 is 5.32 Å². The zero-order valence-electron chi connectivity index (χ0n) is 18.4. The third kappa shape index (κ3) is 4.53. The molecule has 2 atom stereocenters. The van der Waals surface area contributed by atoms with Crippen molar-refractivity contribution >= 4 is 41.0 Å². The number of carbonyl (C=O) groups is 4. The number of hydrogen-bond acceptors (Lipinski definition) is 5. The molecule has 2 aromatic rings. The minimum absolute atomic E-state index is 0.251. The van der Waals surface area contributed by atoms with Crippen molar-refractivity contribution in [3.05, 3.63) is 63.7 Å². The van der Waals surface area contributed by atoms with Gasteiger partial charge in [0.05, 0.1) is 21.8 Å². The lowest BCUT2D eigenvalue weighted by Crippen LogP contribution is -2.49. The van der Waals surface area contributed by atoms with E-state index in [1.165, 1.54) is 0 Å². The summed E-state index contributed by atoms with van der Waals surface area (Å²) in [5, 5.41) is 3.03. The third-order valence-corrected chi connectivity index (χ3v) is 5.87. The SMILES string of the molecule is CCC(C)C(C(=O)OCC(=O)Nc1c(C)cc(C)cc1Cl)N1C(=O)c2ccccc2C1=O. The average molecular weight is 457 g/mol. The van der Waals surface area contributed by atoms with E-state index in [9.17, 15) is 19.2 Å². The van der Waals surface area contributed by atoms with Crippen molar-refractivity contribution in [2.75, 3.05) is 11.9 Å². The number of halogens is 1. The van der Waals surface area contributed by atoms with Crippen LogP contribution in [-0.4, -0.2) is 41.2 Å². The predicted octanol–water partition coefficient (Wildman–Crippen LogP) is 4.15. The van der Waals surface area contributed by atoms with Gasteiger partial charge in [0.2, 0.25) is 0 Å². The molecule has 0 saturated heterocycles. The molecule has 3 rings (SSSR count). The summed E-state index contributed by atoms with van der Waals surface area (Å²) in [7, 11) is 0. The van der Waals surface area contributed by atoms with Crippen LogP contribution in [-0.2, 0) is 14.3 Å². The molecule has 2 aromatic carbocycles. The van der Waals surface area contributed by atoms with Gasteiger partial charge in [-0.05, 0) is 49.1 Å². The number of rotatable bonds is 7. The molecule has 7 nitrogen and oxygen atoms in total. The molecule has 0 spiro atoms. The zero-order valence-corrected chi connectivity index (χ0v) is 19.2. The largest absolute Gasteiger partial charge is 0.454 e. The van der Waals surface area contributed by atoms with Gasteiger partial charge in [-0.2, -0.15) is 0 Å². The maximum atomic E-state index is 12.9. The first kappa shape index (κ1) is 23.5. The van der Waals surface area contributed by atoms with Gasteiger partial charge in [0.15, 0.2) is 6.61 Å². The second-order valence-corrected chi connectivity index (χ2v) is 8.36. The fourth-order valence-electron chi connectivity index (χ4n) is 3.75. The number of amides is 3. The van der Waals surface area contributed by atoms with Gasteiger partial charge in [0, 0.05) is 0 Å². The van der Waals surface area contributed by atoms with Crippen LogP contribution in [0.25, 0.3) is 0 Å². The van der Waals surface area contributed by atoms with Crippen molar-refractivity contribution in [3.63, 3.8) is 0 Å². The van der Waals surface area contributed by atoms with E-state index in [0.29, 0.717) is 17.1 Å². The van der Waals surface area contributed by atoms with Gasteiger partial charge >= 0.3 is 5.97 Å². The first-order valence-electron chi connectivity index (χ1n) is 10.4.